The van der Waals surface area contributed by atoms with E-state index in [9.17, 15) is 5.11 Å². The number of hydrogen-bond donors (Lipinski definition) is 1. The number of phenols is 1. The summed E-state index contributed by atoms with van der Waals surface area (Å²) in [7, 11) is 0. The van der Waals surface area contributed by atoms with Crippen LogP contribution in [-0.2, 0) is 0 Å². The second-order valence-electron chi connectivity index (χ2n) is 2.78. The SMILES string of the molecule is CC(C)Oc1ccc(I)c(O)c1. The molecule has 0 aliphatic rings. The van der Waals surface area contributed by atoms with Crippen molar-refractivity contribution in [2.45, 2.75) is 20.0 Å². The van der Waals surface area contributed by atoms with E-state index in [1.165, 1.54) is 0 Å². The third-order valence-corrected chi connectivity index (χ3v) is 2.20. The average Bonchev–Trinajstić information content (AvgIpc) is 1.96. The van der Waals surface area contributed by atoms with Crippen LogP contribution in [0.2, 0.25) is 0 Å². The molecule has 0 saturated carbocycles. The summed E-state index contributed by atoms with van der Waals surface area (Å²) in [4.78, 5) is 0. The Morgan fingerprint density at radius 2 is 2.08 bits per heavy atom. The van der Waals surface area contributed by atoms with Crippen molar-refractivity contribution < 1.29 is 9.84 Å². The molecule has 0 atom stereocenters. The van der Waals surface area contributed by atoms with Crippen LogP contribution < -0.4 is 4.74 Å². The van der Waals surface area contributed by atoms with Crippen LogP contribution in [0.15, 0.2) is 18.2 Å². The molecule has 0 saturated heterocycles. The van der Waals surface area contributed by atoms with Crippen LogP contribution in [0.5, 0.6) is 11.5 Å². The number of aromatic hydroxyl groups is 1. The average molecular weight is 278 g/mol. The van der Waals surface area contributed by atoms with E-state index in [0.717, 1.165) is 3.57 Å². The number of hydrogen-bond acceptors (Lipinski definition) is 2. The van der Waals surface area contributed by atoms with E-state index in [0.29, 0.717) is 5.75 Å². The maximum Gasteiger partial charge on any atom is 0.132 e. The summed E-state index contributed by atoms with van der Waals surface area (Å²) < 4.78 is 6.22. The zero-order chi connectivity index (χ0) is 9.14. The molecular weight excluding hydrogens is 267 g/mol. The highest BCUT2D eigenvalue weighted by Crippen LogP contribution is 2.25. The molecule has 12 heavy (non-hydrogen) atoms. The molecule has 0 heterocycles. The Balaban J connectivity index is 2.82. The normalized spacial score (nSPS) is 10.3. The first-order chi connectivity index (χ1) is 5.59. The molecule has 1 aromatic rings. The first-order valence-corrected chi connectivity index (χ1v) is 4.82. The van der Waals surface area contributed by atoms with Gasteiger partial charge in [0, 0.05) is 6.07 Å². The lowest BCUT2D eigenvalue weighted by molar-refractivity contribution is 0.241. The van der Waals surface area contributed by atoms with Crippen molar-refractivity contribution >= 4 is 22.6 Å². The molecule has 1 rings (SSSR count). The van der Waals surface area contributed by atoms with E-state index in [2.05, 4.69) is 22.6 Å². The van der Waals surface area contributed by atoms with Crippen molar-refractivity contribution in [3.8, 4) is 11.5 Å². The highest BCUT2D eigenvalue weighted by molar-refractivity contribution is 14.1. The summed E-state index contributed by atoms with van der Waals surface area (Å²) >= 11 is 2.07. The Bertz CT molecular complexity index is 271. The number of benzene rings is 1. The van der Waals surface area contributed by atoms with Crippen LogP contribution in [0.4, 0.5) is 0 Å². The largest absolute Gasteiger partial charge is 0.507 e. The van der Waals surface area contributed by atoms with E-state index >= 15 is 0 Å². The third-order valence-electron chi connectivity index (χ3n) is 1.29. The highest BCUT2D eigenvalue weighted by Gasteiger charge is 2.01. The Morgan fingerprint density at radius 1 is 1.42 bits per heavy atom. The molecule has 0 radical (unpaired) electrons. The Labute approximate surface area is 85.7 Å². The molecule has 0 aromatic heterocycles. The van der Waals surface area contributed by atoms with Crippen LogP contribution >= 0.6 is 22.6 Å². The fourth-order valence-electron chi connectivity index (χ4n) is 0.838. The molecule has 2 nitrogen and oxygen atoms in total. The van der Waals surface area contributed by atoms with E-state index in [4.69, 9.17) is 4.74 Å². The maximum atomic E-state index is 9.33. The zero-order valence-corrected chi connectivity index (χ0v) is 9.20. The van der Waals surface area contributed by atoms with Gasteiger partial charge in [0.2, 0.25) is 0 Å². The minimum absolute atomic E-state index is 0.143. The maximum absolute atomic E-state index is 9.33. The van der Waals surface area contributed by atoms with Crippen LogP contribution in [0, 0.1) is 3.57 Å². The number of ether oxygens (including phenoxy) is 1. The standard InChI is InChI=1S/C9H11IO2/c1-6(2)12-7-3-4-8(10)9(11)5-7/h3-6,11H,1-2H3. The first-order valence-electron chi connectivity index (χ1n) is 3.75. The lowest BCUT2D eigenvalue weighted by Gasteiger charge is -2.09. The highest BCUT2D eigenvalue weighted by atomic mass is 127. The smallest absolute Gasteiger partial charge is 0.132 e. The molecule has 0 fully saturated rings. The van der Waals surface area contributed by atoms with Crippen molar-refractivity contribution in [2.24, 2.45) is 0 Å². The summed E-state index contributed by atoms with van der Waals surface area (Å²) in [6.07, 6.45) is 0.143. The topological polar surface area (TPSA) is 29.5 Å². The van der Waals surface area contributed by atoms with E-state index in [1.54, 1.807) is 6.07 Å². The van der Waals surface area contributed by atoms with Gasteiger partial charge in [0.25, 0.3) is 0 Å². The van der Waals surface area contributed by atoms with Gasteiger partial charge in [-0.25, -0.2) is 0 Å². The van der Waals surface area contributed by atoms with Crippen molar-refractivity contribution in [3.05, 3.63) is 21.8 Å². The van der Waals surface area contributed by atoms with Gasteiger partial charge in [-0.2, -0.15) is 0 Å². The minimum atomic E-state index is 0.143. The molecule has 0 spiro atoms. The molecule has 3 heteroatoms. The fraction of sp³-hybridized carbons (Fsp3) is 0.333. The van der Waals surface area contributed by atoms with Crippen LogP contribution in [0.1, 0.15) is 13.8 Å². The van der Waals surface area contributed by atoms with Crippen LogP contribution in [0.3, 0.4) is 0 Å². The lowest BCUT2D eigenvalue weighted by Crippen LogP contribution is -2.05. The van der Waals surface area contributed by atoms with Gasteiger partial charge < -0.3 is 9.84 Å². The summed E-state index contributed by atoms with van der Waals surface area (Å²) in [5, 5.41) is 9.33. The van der Waals surface area contributed by atoms with Gasteiger partial charge in [0.05, 0.1) is 9.67 Å². The van der Waals surface area contributed by atoms with E-state index < -0.39 is 0 Å². The number of phenolic OH excluding ortho intramolecular Hbond substituents is 1. The summed E-state index contributed by atoms with van der Waals surface area (Å²) in [5.41, 5.74) is 0. The molecular formula is C9H11IO2. The Hall–Kier alpha value is -0.450. The van der Waals surface area contributed by atoms with Gasteiger partial charge in [-0.05, 0) is 48.6 Å². The summed E-state index contributed by atoms with van der Waals surface area (Å²) in [5.74, 6) is 0.983. The van der Waals surface area contributed by atoms with Gasteiger partial charge in [-0.1, -0.05) is 0 Å². The van der Waals surface area contributed by atoms with Gasteiger partial charge in [-0.15, -0.1) is 0 Å². The molecule has 1 aromatic carbocycles. The van der Waals surface area contributed by atoms with Gasteiger partial charge in [0.1, 0.15) is 11.5 Å². The van der Waals surface area contributed by atoms with E-state index in [1.807, 2.05) is 26.0 Å². The molecule has 0 aliphatic heterocycles. The number of rotatable bonds is 2. The monoisotopic (exact) mass is 278 g/mol. The zero-order valence-electron chi connectivity index (χ0n) is 7.04. The predicted molar refractivity (Wildman–Crippen MR) is 56.6 cm³/mol. The molecule has 66 valence electrons. The minimum Gasteiger partial charge on any atom is -0.507 e. The molecule has 1 N–H and O–H groups in total. The first kappa shape index (κ1) is 9.64. The molecule has 0 amide bonds. The van der Waals surface area contributed by atoms with Gasteiger partial charge in [0.15, 0.2) is 0 Å². The molecule has 0 unspecified atom stereocenters. The third kappa shape index (κ3) is 2.55. The van der Waals surface area contributed by atoms with Crippen molar-refractivity contribution in [1.29, 1.82) is 0 Å². The van der Waals surface area contributed by atoms with Crippen molar-refractivity contribution in [1.82, 2.24) is 0 Å². The molecule has 0 bridgehead atoms. The predicted octanol–water partition coefficient (Wildman–Crippen LogP) is 2.78. The van der Waals surface area contributed by atoms with Crippen molar-refractivity contribution in [2.75, 3.05) is 0 Å². The molecule has 0 aliphatic carbocycles. The Morgan fingerprint density at radius 3 is 2.58 bits per heavy atom. The van der Waals surface area contributed by atoms with Crippen molar-refractivity contribution in [3.63, 3.8) is 0 Å². The van der Waals surface area contributed by atoms with Gasteiger partial charge in [-0.3, -0.25) is 0 Å². The summed E-state index contributed by atoms with van der Waals surface area (Å²) in [6.45, 7) is 3.91. The summed E-state index contributed by atoms with van der Waals surface area (Å²) in [6, 6.07) is 5.30. The second kappa shape index (κ2) is 3.98. The van der Waals surface area contributed by atoms with Crippen LogP contribution in [-0.4, -0.2) is 11.2 Å². The van der Waals surface area contributed by atoms with Crippen LogP contribution in [0.25, 0.3) is 0 Å². The lowest BCUT2D eigenvalue weighted by atomic mass is 10.3. The van der Waals surface area contributed by atoms with Gasteiger partial charge >= 0.3 is 0 Å². The fourth-order valence-corrected chi connectivity index (χ4v) is 1.17. The Kier molecular flexibility index (Phi) is 3.20. The van der Waals surface area contributed by atoms with E-state index in [-0.39, 0.29) is 11.9 Å². The quantitative estimate of drug-likeness (QED) is 0.843. The number of halogens is 1. The second-order valence-corrected chi connectivity index (χ2v) is 3.94.